The maximum Gasteiger partial charge on any atom is 0.236 e. The van der Waals surface area contributed by atoms with Crippen molar-refractivity contribution >= 4 is 34.8 Å². The van der Waals surface area contributed by atoms with Crippen molar-refractivity contribution in [2.45, 2.75) is 31.9 Å². The van der Waals surface area contributed by atoms with Crippen LogP contribution < -0.4 is 4.74 Å². The van der Waals surface area contributed by atoms with Crippen LogP contribution in [-0.2, 0) is 0 Å². The van der Waals surface area contributed by atoms with Gasteiger partial charge in [-0.2, -0.15) is 15.5 Å². The molecule has 0 spiro atoms. The number of ether oxygens (including phenoxy) is 1. The van der Waals surface area contributed by atoms with Gasteiger partial charge in [-0.05, 0) is 33.4 Å². The summed E-state index contributed by atoms with van der Waals surface area (Å²) in [4.78, 5) is 17.2. The van der Waals surface area contributed by atoms with Gasteiger partial charge in [-0.15, -0.1) is 0 Å². The maximum absolute atomic E-state index is 8.78. The molecule has 0 amide bonds. The van der Waals surface area contributed by atoms with E-state index in [0.717, 1.165) is 13.0 Å². The monoisotopic (exact) mass is 439 g/mol. The van der Waals surface area contributed by atoms with E-state index in [1.165, 1.54) is 18.6 Å². The van der Waals surface area contributed by atoms with E-state index in [2.05, 4.69) is 31.9 Å². The van der Waals surface area contributed by atoms with Gasteiger partial charge in [0.15, 0.2) is 0 Å². The summed E-state index contributed by atoms with van der Waals surface area (Å²) < 4.78 is 5.76. The van der Waals surface area contributed by atoms with Crippen molar-refractivity contribution < 1.29 is 4.74 Å². The van der Waals surface area contributed by atoms with Crippen LogP contribution in [0.5, 0.6) is 5.88 Å². The van der Waals surface area contributed by atoms with Gasteiger partial charge >= 0.3 is 0 Å². The number of halogens is 3. The molecule has 2 aromatic heterocycles. The molecule has 1 fully saturated rings. The Hall–Kier alpha value is -2.23. The minimum Gasteiger partial charge on any atom is -0.473 e. The van der Waals surface area contributed by atoms with Crippen LogP contribution in [0.25, 0.3) is 0 Å². The predicted octanol–water partition coefficient (Wildman–Crippen LogP) is 3.52. The molecule has 0 aromatic carbocycles. The average molecular weight is 441 g/mol. The Morgan fingerprint density at radius 3 is 2.07 bits per heavy atom. The average Bonchev–Trinajstić information content (AvgIpc) is 3.07. The molecule has 1 aliphatic heterocycles. The Bertz CT molecular complexity index is 892. The normalized spacial score (nSPS) is 17.0. The number of nitriles is 2. The number of nitrogens with zero attached hydrogens (tertiary/aromatic N) is 7. The Morgan fingerprint density at radius 2 is 1.57 bits per heavy atom. The van der Waals surface area contributed by atoms with Gasteiger partial charge < -0.3 is 4.74 Å². The fraction of sp³-hybridized carbons (Fsp3) is 0.412. The lowest BCUT2D eigenvalue weighted by Gasteiger charge is -2.26. The highest BCUT2D eigenvalue weighted by Gasteiger charge is 2.28. The topological polar surface area (TPSA) is 112 Å². The summed E-state index contributed by atoms with van der Waals surface area (Å²) in [5, 5.41) is 17.7. The molecule has 0 saturated carbocycles. The molecule has 11 heteroatoms. The van der Waals surface area contributed by atoms with Gasteiger partial charge in [0, 0.05) is 18.2 Å². The Morgan fingerprint density at radius 1 is 1.04 bits per heavy atom. The SMILES string of the molecule is C[C@H](Oc1cc(Cl)nc(C#N)n1)[C@@H]1CCCN1C.N#Cc1nc(Cl)cc(Cl)n1. The molecule has 3 heterocycles. The van der Waals surface area contributed by atoms with Crippen LogP contribution in [0.2, 0.25) is 15.5 Å². The lowest BCUT2D eigenvalue weighted by Crippen LogP contribution is -2.38. The van der Waals surface area contributed by atoms with E-state index in [0.29, 0.717) is 11.9 Å². The van der Waals surface area contributed by atoms with Crippen LogP contribution in [-0.4, -0.2) is 50.6 Å². The zero-order valence-electron chi connectivity index (χ0n) is 15.1. The van der Waals surface area contributed by atoms with Crippen LogP contribution in [0.15, 0.2) is 12.1 Å². The summed E-state index contributed by atoms with van der Waals surface area (Å²) in [6, 6.07) is 6.86. The minimum absolute atomic E-state index is 0.00927. The predicted molar refractivity (Wildman–Crippen MR) is 104 cm³/mol. The Balaban J connectivity index is 0.000000237. The van der Waals surface area contributed by atoms with E-state index >= 15 is 0 Å². The molecule has 8 nitrogen and oxygen atoms in total. The zero-order chi connectivity index (χ0) is 20.7. The van der Waals surface area contributed by atoms with Crippen molar-refractivity contribution in [2.24, 2.45) is 0 Å². The third-order valence-corrected chi connectivity index (χ3v) is 4.54. The highest BCUT2D eigenvalue weighted by molar-refractivity contribution is 6.33. The summed E-state index contributed by atoms with van der Waals surface area (Å²) in [5.41, 5.74) is 0. The first-order chi connectivity index (χ1) is 13.3. The van der Waals surface area contributed by atoms with E-state index in [9.17, 15) is 0 Å². The fourth-order valence-corrected chi connectivity index (χ4v) is 3.34. The van der Waals surface area contributed by atoms with Gasteiger partial charge in [-0.1, -0.05) is 34.8 Å². The van der Waals surface area contributed by atoms with Crippen LogP contribution >= 0.6 is 34.8 Å². The van der Waals surface area contributed by atoms with Gasteiger partial charge in [0.25, 0.3) is 0 Å². The molecule has 0 radical (unpaired) electrons. The Kier molecular flexibility index (Phi) is 8.16. The molecular weight excluding hydrogens is 425 g/mol. The van der Waals surface area contributed by atoms with E-state index in [-0.39, 0.29) is 33.2 Å². The van der Waals surface area contributed by atoms with Crippen molar-refractivity contribution in [3.8, 4) is 18.0 Å². The number of aromatic nitrogens is 4. The molecule has 0 aliphatic carbocycles. The second-order valence-corrected chi connectivity index (χ2v) is 7.09. The van der Waals surface area contributed by atoms with Crippen LogP contribution in [0.1, 0.15) is 31.4 Å². The lowest BCUT2D eigenvalue weighted by molar-refractivity contribution is 0.116. The molecule has 3 rings (SSSR count). The lowest BCUT2D eigenvalue weighted by atomic mass is 10.1. The van der Waals surface area contributed by atoms with Crippen molar-refractivity contribution in [3.63, 3.8) is 0 Å². The van der Waals surface area contributed by atoms with Gasteiger partial charge in [0.1, 0.15) is 33.7 Å². The van der Waals surface area contributed by atoms with Gasteiger partial charge in [-0.25, -0.2) is 15.0 Å². The molecule has 2 atom stereocenters. The van der Waals surface area contributed by atoms with Crippen molar-refractivity contribution in [2.75, 3.05) is 13.6 Å². The number of likely N-dealkylation sites (tertiary alicyclic amines) is 1. The summed E-state index contributed by atoms with van der Waals surface area (Å²) in [5.74, 6) is 0.376. The zero-order valence-corrected chi connectivity index (χ0v) is 17.4. The van der Waals surface area contributed by atoms with E-state index < -0.39 is 0 Å². The molecule has 0 N–H and O–H groups in total. The molecule has 146 valence electrons. The molecular formula is C17H16Cl3N7O. The second-order valence-electron chi connectivity index (χ2n) is 5.93. The van der Waals surface area contributed by atoms with E-state index in [1.807, 2.05) is 13.0 Å². The molecule has 1 saturated heterocycles. The minimum atomic E-state index is -0.0162. The van der Waals surface area contributed by atoms with Gasteiger partial charge in [-0.3, -0.25) is 4.90 Å². The molecule has 2 aromatic rings. The summed E-state index contributed by atoms with van der Waals surface area (Å²) in [7, 11) is 2.09. The second kappa shape index (κ2) is 10.4. The number of rotatable bonds is 3. The first kappa shape index (κ1) is 22.1. The quantitative estimate of drug-likeness (QED) is 0.666. The highest BCUT2D eigenvalue weighted by Crippen LogP contribution is 2.22. The van der Waals surface area contributed by atoms with Crippen LogP contribution in [0.3, 0.4) is 0 Å². The van der Waals surface area contributed by atoms with E-state index in [4.69, 9.17) is 50.1 Å². The molecule has 1 aliphatic rings. The third kappa shape index (κ3) is 6.43. The molecule has 0 bridgehead atoms. The maximum atomic E-state index is 8.78. The Labute approximate surface area is 177 Å². The van der Waals surface area contributed by atoms with Gasteiger partial charge in [0.05, 0.1) is 0 Å². The largest absolute Gasteiger partial charge is 0.473 e. The van der Waals surface area contributed by atoms with Crippen LogP contribution in [0.4, 0.5) is 0 Å². The summed E-state index contributed by atoms with van der Waals surface area (Å²) >= 11 is 16.7. The number of hydrogen-bond donors (Lipinski definition) is 0. The fourth-order valence-electron chi connectivity index (χ4n) is 2.75. The van der Waals surface area contributed by atoms with Crippen molar-refractivity contribution in [1.29, 1.82) is 10.5 Å². The first-order valence-corrected chi connectivity index (χ1v) is 9.37. The van der Waals surface area contributed by atoms with Crippen molar-refractivity contribution in [3.05, 3.63) is 39.2 Å². The van der Waals surface area contributed by atoms with Crippen molar-refractivity contribution in [1.82, 2.24) is 24.8 Å². The van der Waals surface area contributed by atoms with E-state index in [1.54, 1.807) is 6.07 Å². The first-order valence-electron chi connectivity index (χ1n) is 8.24. The standard InChI is InChI=1S/C12H15ClN4O.C5HCl2N3/c1-8(9-4-3-5-17(9)2)18-12-6-10(13)15-11(7-14)16-12;6-3-1-4(7)10-5(2-8)9-3/h6,8-9H,3-5H2,1-2H3;1H/t8-,9-;/m0./s1. The highest BCUT2D eigenvalue weighted by atomic mass is 35.5. The van der Waals surface area contributed by atoms with Gasteiger partial charge in [0.2, 0.25) is 17.5 Å². The summed E-state index contributed by atoms with van der Waals surface area (Å²) in [6.45, 7) is 3.10. The smallest absolute Gasteiger partial charge is 0.236 e. The third-order valence-electron chi connectivity index (χ3n) is 3.96. The number of hydrogen-bond acceptors (Lipinski definition) is 8. The molecule has 0 unspecified atom stereocenters. The van der Waals surface area contributed by atoms with Crippen LogP contribution in [0, 0.1) is 22.7 Å². The molecule has 28 heavy (non-hydrogen) atoms. The summed E-state index contributed by atoms with van der Waals surface area (Å²) in [6.07, 6.45) is 2.31. The number of likely N-dealkylation sites (N-methyl/N-ethyl adjacent to an activating group) is 1.